The Morgan fingerprint density at radius 1 is 1.25 bits per heavy atom. The van der Waals surface area contributed by atoms with Crippen LogP contribution in [0.4, 0.5) is 0 Å². The number of hydrogen-bond acceptors (Lipinski definition) is 5. The third-order valence-corrected chi connectivity index (χ3v) is 4.25. The van der Waals surface area contributed by atoms with Crippen LogP contribution in [0, 0.1) is 6.92 Å². The molecule has 2 atom stereocenters. The first-order chi connectivity index (χ1) is 11.5. The molecule has 0 radical (unpaired) electrons. The molecule has 2 heterocycles. The van der Waals surface area contributed by atoms with Crippen molar-refractivity contribution in [3.63, 3.8) is 0 Å². The molecular formula is C18H23N3O3. The Balaban J connectivity index is 1.59. The topological polar surface area (TPSA) is 68.5 Å². The van der Waals surface area contributed by atoms with E-state index in [1.165, 1.54) is 5.56 Å². The second-order valence-electron chi connectivity index (χ2n) is 6.41. The number of carbonyl (C=O) groups is 1. The van der Waals surface area contributed by atoms with E-state index in [0.717, 1.165) is 5.56 Å². The maximum atomic E-state index is 12.4. The molecule has 128 valence electrons. The van der Waals surface area contributed by atoms with Crippen LogP contribution in [-0.2, 0) is 16.0 Å². The van der Waals surface area contributed by atoms with Gasteiger partial charge in [-0.15, -0.1) is 10.2 Å². The minimum absolute atomic E-state index is 0.0849. The van der Waals surface area contributed by atoms with Gasteiger partial charge in [-0.25, -0.2) is 0 Å². The van der Waals surface area contributed by atoms with Crippen LogP contribution in [0.3, 0.4) is 0 Å². The lowest BCUT2D eigenvalue weighted by atomic mass is 10.1. The van der Waals surface area contributed by atoms with Gasteiger partial charge in [-0.3, -0.25) is 4.79 Å². The average Bonchev–Trinajstić information content (AvgIpc) is 3.04. The molecule has 1 aromatic heterocycles. The number of carbonyl (C=O) groups excluding carboxylic acids is 1. The summed E-state index contributed by atoms with van der Waals surface area (Å²) in [6.07, 6.45) is 0.907. The van der Waals surface area contributed by atoms with Crippen LogP contribution >= 0.6 is 0 Å². The van der Waals surface area contributed by atoms with Crippen LogP contribution in [0.15, 0.2) is 28.7 Å². The van der Waals surface area contributed by atoms with E-state index in [1.54, 1.807) is 0 Å². The summed E-state index contributed by atoms with van der Waals surface area (Å²) < 4.78 is 11.2. The number of nitrogens with zero attached hydrogens (tertiary/aromatic N) is 3. The van der Waals surface area contributed by atoms with E-state index in [9.17, 15) is 4.79 Å². The van der Waals surface area contributed by atoms with Crippen LogP contribution in [0.1, 0.15) is 31.7 Å². The van der Waals surface area contributed by atoms with Gasteiger partial charge in [-0.2, -0.15) is 0 Å². The normalized spacial score (nSPS) is 21.0. The van der Waals surface area contributed by atoms with Crippen molar-refractivity contribution in [2.45, 2.75) is 45.8 Å². The van der Waals surface area contributed by atoms with Crippen molar-refractivity contribution >= 4 is 5.91 Å². The van der Waals surface area contributed by atoms with Gasteiger partial charge >= 0.3 is 0 Å². The largest absolute Gasteiger partial charge is 0.421 e. The lowest BCUT2D eigenvalue weighted by Gasteiger charge is -2.36. The number of aryl methyl sites for hydroxylation is 2. The second-order valence-corrected chi connectivity index (χ2v) is 6.41. The first kappa shape index (κ1) is 16.6. The van der Waals surface area contributed by atoms with Crippen LogP contribution in [0.25, 0.3) is 11.5 Å². The molecule has 3 rings (SSSR count). The van der Waals surface area contributed by atoms with E-state index in [-0.39, 0.29) is 18.1 Å². The van der Waals surface area contributed by atoms with Gasteiger partial charge in [0.25, 0.3) is 0 Å². The standard InChI is InChI=1S/C18H23N3O3/c1-12-4-6-15(7-5-12)18-20-19-16(24-18)8-9-17(22)21-10-14(3)23-11-13(21)2/h4-7,13-14H,8-11H2,1-3H3/t13-,14-/m0/s1. The maximum absolute atomic E-state index is 12.4. The highest BCUT2D eigenvalue weighted by atomic mass is 16.5. The van der Waals surface area contributed by atoms with E-state index in [4.69, 9.17) is 9.15 Å². The highest BCUT2D eigenvalue weighted by Gasteiger charge is 2.27. The Morgan fingerprint density at radius 3 is 2.75 bits per heavy atom. The Hall–Kier alpha value is -2.21. The van der Waals surface area contributed by atoms with Crippen LogP contribution in [0.2, 0.25) is 0 Å². The highest BCUT2D eigenvalue weighted by Crippen LogP contribution is 2.19. The van der Waals surface area contributed by atoms with Gasteiger partial charge in [0.05, 0.1) is 18.8 Å². The Labute approximate surface area is 141 Å². The molecule has 1 aromatic carbocycles. The van der Waals surface area contributed by atoms with Crippen LogP contribution < -0.4 is 0 Å². The van der Waals surface area contributed by atoms with Gasteiger partial charge in [-0.05, 0) is 32.9 Å². The first-order valence-electron chi connectivity index (χ1n) is 8.33. The van der Waals surface area contributed by atoms with Gasteiger partial charge < -0.3 is 14.1 Å². The fourth-order valence-electron chi connectivity index (χ4n) is 2.78. The quantitative estimate of drug-likeness (QED) is 0.862. The van der Waals surface area contributed by atoms with Crippen molar-refractivity contribution in [3.8, 4) is 11.5 Å². The van der Waals surface area contributed by atoms with Crippen molar-refractivity contribution in [1.29, 1.82) is 0 Å². The third kappa shape index (κ3) is 3.82. The predicted molar refractivity (Wildman–Crippen MR) is 89.4 cm³/mol. The molecule has 1 amide bonds. The molecule has 6 heteroatoms. The minimum atomic E-state index is 0.0849. The van der Waals surface area contributed by atoms with Gasteiger partial charge in [-0.1, -0.05) is 17.7 Å². The zero-order valence-electron chi connectivity index (χ0n) is 14.4. The lowest BCUT2D eigenvalue weighted by molar-refractivity contribution is -0.143. The van der Waals surface area contributed by atoms with E-state index in [2.05, 4.69) is 10.2 Å². The van der Waals surface area contributed by atoms with E-state index in [1.807, 2.05) is 49.9 Å². The van der Waals surface area contributed by atoms with Crippen molar-refractivity contribution in [2.24, 2.45) is 0 Å². The van der Waals surface area contributed by atoms with E-state index in [0.29, 0.717) is 37.8 Å². The summed E-state index contributed by atoms with van der Waals surface area (Å²) in [7, 11) is 0. The molecule has 0 unspecified atom stereocenters. The fourth-order valence-corrected chi connectivity index (χ4v) is 2.78. The molecule has 0 bridgehead atoms. The number of morpholine rings is 1. The Kier molecular flexibility index (Phi) is 4.94. The van der Waals surface area contributed by atoms with Gasteiger partial charge in [0.15, 0.2) is 0 Å². The number of hydrogen-bond donors (Lipinski definition) is 0. The number of ether oxygens (including phenoxy) is 1. The summed E-state index contributed by atoms with van der Waals surface area (Å²) in [6, 6.07) is 8.02. The molecule has 1 saturated heterocycles. The van der Waals surface area contributed by atoms with E-state index < -0.39 is 0 Å². The van der Waals surface area contributed by atoms with Gasteiger partial charge in [0.1, 0.15) is 0 Å². The molecule has 0 saturated carbocycles. The summed E-state index contributed by atoms with van der Waals surface area (Å²) in [6.45, 7) is 7.25. The lowest BCUT2D eigenvalue weighted by Crippen LogP contribution is -2.50. The maximum Gasteiger partial charge on any atom is 0.247 e. The summed E-state index contributed by atoms with van der Waals surface area (Å²) in [5.41, 5.74) is 2.07. The minimum Gasteiger partial charge on any atom is -0.421 e. The SMILES string of the molecule is Cc1ccc(-c2nnc(CCC(=O)N3C[C@H](C)OC[C@@H]3C)o2)cc1. The third-order valence-electron chi connectivity index (χ3n) is 4.25. The first-order valence-corrected chi connectivity index (χ1v) is 8.33. The summed E-state index contributed by atoms with van der Waals surface area (Å²) in [4.78, 5) is 14.3. The number of amides is 1. The molecule has 1 fully saturated rings. The highest BCUT2D eigenvalue weighted by molar-refractivity contribution is 5.76. The number of benzene rings is 1. The summed E-state index contributed by atoms with van der Waals surface area (Å²) in [5.74, 6) is 1.09. The molecule has 0 N–H and O–H groups in total. The van der Waals surface area contributed by atoms with Gasteiger partial charge in [0, 0.05) is 24.9 Å². The molecule has 2 aromatic rings. The molecule has 24 heavy (non-hydrogen) atoms. The molecular weight excluding hydrogens is 306 g/mol. The predicted octanol–water partition coefficient (Wildman–Crippen LogP) is 2.61. The molecule has 6 nitrogen and oxygen atoms in total. The van der Waals surface area contributed by atoms with Gasteiger partial charge in [0.2, 0.25) is 17.7 Å². The zero-order chi connectivity index (χ0) is 17.1. The van der Waals surface area contributed by atoms with Crippen LogP contribution in [-0.4, -0.2) is 46.3 Å². The van der Waals surface area contributed by atoms with Crippen molar-refractivity contribution < 1.29 is 13.9 Å². The number of aromatic nitrogens is 2. The molecule has 0 aliphatic carbocycles. The zero-order valence-corrected chi connectivity index (χ0v) is 14.4. The van der Waals surface area contributed by atoms with Crippen molar-refractivity contribution in [1.82, 2.24) is 15.1 Å². The summed E-state index contributed by atoms with van der Waals surface area (Å²) >= 11 is 0. The average molecular weight is 329 g/mol. The van der Waals surface area contributed by atoms with Crippen LogP contribution in [0.5, 0.6) is 0 Å². The second kappa shape index (κ2) is 7.13. The summed E-state index contributed by atoms with van der Waals surface area (Å²) in [5, 5.41) is 8.13. The molecule has 0 spiro atoms. The smallest absolute Gasteiger partial charge is 0.247 e. The molecule has 1 aliphatic heterocycles. The Bertz CT molecular complexity index is 696. The Morgan fingerprint density at radius 2 is 2.00 bits per heavy atom. The number of rotatable bonds is 4. The van der Waals surface area contributed by atoms with Crippen molar-refractivity contribution in [3.05, 3.63) is 35.7 Å². The molecule has 1 aliphatic rings. The monoisotopic (exact) mass is 329 g/mol. The van der Waals surface area contributed by atoms with E-state index >= 15 is 0 Å². The van der Waals surface area contributed by atoms with Crippen molar-refractivity contribution in [2.75, 3.05) is 13.2 Å². The fraction of sp³-hybridized carbons (Fsp3) is 0.500.